The summed E-state index contributed by atoms with van der Waals surface area (Å²) in [6, 6.07) is 10.5. The van der Waals surface area contributed by atoms with Crippen molar-refractivity contribution in [2.45, 2.75) is 31.7 Å². The van der Waals surface area contributed by atoms with Crippen molar-refractivity contribution in [2.75, 3.05) is 7.11 Å². The number of hydrogen-bond acceptors (Lipinski definition) is 6. The molecule has 0 aliphatic carbocycles. The Kier molecular flexibility index (Phi) is 6.54. The summed E-state index contributed by atoms with van der Waals surface area (Å²) in [7, 11) is 1.33. The summed E-state index contributed by atoms with van der Waals surface area (Å²) in [6.45, 7) is 0. The number of fused-ring (bicyclic) bond motifs is 1. The number of hydrogen-bond donors (Lipinski definition) is 2. The zero-order valence-corrected chi connectivity index (χ0v) is 16.3. The van der Waals surface area contributed by atoms with Gasteiger partial charge in [0.25, 0.3) is 5.56 Å². The largest absolute Gasteiger partial charge is 0.469 e. The van der Waals surface area contributed by atoms with Crippen LogP contribution >= 0.6 is 11.3 Å². The van der Waals surface area contributed by atoms with Gasteiger partial charge >= 0.3 is 5.97 Å². The van der Waals surface area contributed by atoms with Gasteiger partial charge in [0, 0.05) is 17.7 Å². The first-order chi connectivity index (χ1) is 13.6. The van der Waals surface area contributed by atoms with Crippen molar-refractivity contribution in [3.63, 3.8) is 0 Å². The van der Waals surface area contributed by atoms with Gasteiger partial charge in [-0.2, -0.15) is 0 Å². The number of methoxy groups -OCH3 is 1. The van der Waals surface area contributed by atoms with Gasteiger partial charge in [0.2, 0.25) is 5.91 Å². The van der Waals surface area contributed by atoms with Crippen LogP contribution in [0.3, 0.4) is 0 Å². The normalized spacial score (nSPS) is 11.9. The highest BCUT2D eigenvalue weighted by molar-refractivity contribution is 7.10. The Bertz CT molecular complexity index is 1010. The van der Waals surface area contributed by atoms with Crippen LogP contribution in [0.4, 0.5) is 0 Å². The van der Waals surface area contributed by atoms with Crippen LogP contribution in [0.5, 0.6) is 0 Å². The summed E-state index contributed by atoms with van der Waals surface area (Å²) in [6.07, 6.45) is 1.36. The summed E-state index contributed by atoms with van der Waals surface area (Å²) in [5.74, 6) is 0.0166. The summed E-state index contributed by atoms with van der Waals surface area (Å²) in [4.78, 5) is 44.2. The topological polar surface area (TPSA) is 101 Å². The minimum Gasteiger partial charge on any atom is -0.469 e. The van der Waals surface area contributed by atoms with Crippen LogP contribution in [0, 0.1) is 0 Å². The monoisotopic (exact) mass is 399 g/mol. The summed E-state index contributed by atoms with van der Waals surface area (Å²) >= 11 is 1.48. The smallest absolute Gasteiger partial charge is 0.307 e. The van der Waals surface area contributed by atoms with Crippen LogP contribution in [0.2, 0.25) is 0 Å². The number of rotatable bonds is 8. The molecule has 2 N–H and O–H groups in total. The summed E-state index contributed by atoms with van der Waals surface area (Å²) in [5, 5.41) is 5.33. The molecule has 1 unspecified atom stereocenters. The highest BCUT2D eigenvalue weighted by Crippen LogP contribution is 2.22. The van der Waals surface area contributed by atoms with Crippen LogP contribution in [0.15, 0.2) is 46.6 Å². The molecule has 7 nitrogen and oxygen atoms in total. The highest BCUT2D eigenvalue weighted by Gasteiger charge is 2.19. The molecule has 0 radical (unpaired) electrons. The van der Waals surface area contributed by atoms with Gasteiger partial charge in [-0.3, -0.25) is 14.4 Å². The molecule has 0 aliphatic heterocycles. The van der Waals surface area contributed by atoms with Gasteiger partial charge in [0.1, 0.15) is 5.82 Å². The number of carbonyl (C=O) groups is 2. The van der Waals surface area contributed by atoms with Crippen LogP contribution in [0.1, 0.15) is 36.0 Å². The van der Waals surface area contributed by atoms with E-state index in [1.54, 1.807) is 18.2 Å². The molecule has 1 amide bonds. The van der Waals surface area contributed by atoms with E-state index >= 15 is 0 Å². The van der Waals surface area contributed by atoms with Crippen molar-refractivity contribution >= 4 is 34.1 Å². The quantitative estimate of drug-likeness (QED) is 0.567. The molecule has 0 saturated heterocycles. The molecule has 0 saturated carbocycles. The zero-order chi connectivity index (χ0) is 19.9. The van der Waals surface area contributed by atoms with E-state index in [0.29, 0.717) is 29.6 Å². The molecule has 3 aromatic rings. The van der Waals surface area contributed by atoms with E-state index in [2.05, 4.69) is 15.3 Å². The van der Waals surface area contributed by atoms with E-state index in [9.17, 15) is 14.4 Å². The van der Waals surface area contributed by atoms with Crippen molar-refractivity contribution < 1.29 is 14.3 Å². The number of para-hydroxylation sites is 1. The Morgan fingerprint density at radius 2 is 2.07 bits per heavy atom. The van der Waals surface area contributed by atoms with E-state index < -0.39 is 6.04 Å². The minimum atomic E-state index is -0.404. The molecule has 0 bridgehead atoms. The average molecular weight is 399 g/mol. The molecule has 146 valence electrons. The van der Waals surface area contributed by atoms with Crippen molar-refractivity contribution in [3.05, 3.63) is 62.8 Å². The molecule has 0 aliphatic rings. The molecular formula is C20H21N3O4S. The maximum Gasteiger partial charge on any atom is 0.307 e. The first-order valence-electron chi connectivity index (χ1n) is 8.94. The molecule has 0 fully saturated rings. The average Bonchev–Trinajstić information content (AvgIpc) is 3.22. The molecule has 1 atom stereocenters. The summed E-state index contributed by atoms with van der Waals surface area (Å²) < 4.78 is 4.72. The van der Waals surface area contributed by atoms with Crippen molar-refractivity contribution in [2.24, 2.45) is 0 Å². The SMILES string of the molecule is COC(=O)CC(NC(=O)CCCc1nc2ccccc2c(=O)[nH]1)c1cccs1. The summed E-state index contributed by atoms with van der Waals surface area (Å²) in [5.41, 5.74) is 0.461. The Labute approximate surface area is 165 Å². The first-order valence-corrected chi connectivity index (χ1v) is 9.82. The van der Waals surface area contributed by atoms with Crippen molar-refractivity contribution in [1.82, 2.24) is 15.3 Å². The number of nitrogens with one attached hydrogen (secondary N) is 2. The lowest BCUT2D eigenvalue weighted by Gasteiger charge is -2.16. The van der Waals surface area contributed by atoms with Gasteiger partial charge in [-0.05, 0) is 30.0 Å². The number of amides is 1. The number of H-pyrrole nitrogens is 1. The maximum atomic E-state index is 12.3. The van der Waals surface area contributed by atoms with E-state index in [4.69, 9.17) is 4.74 Å². The molecule has 8 heteroatoms. The number of ether oxygens (including phenoxy) is 1. The Morgan fingerprint density at radius 3 is 2.82 bits per heavy atom. The predicted octanol–water partition coefficient (Wildman–Crippen LogP) is 2.73. The number of carbonyl (C=O) groups excluding carboxylic acids is 2. The number of aryl methyl sites for hydroxylation is 1. The Hall–Kier alpha value is -3.00. The van der Waals surface area contributed by atoms with E-state index in [1.807, 2.05) is 23.6 Å². The van der Waals surface area contributed by atoms with Gasteiger partial charge in [0.15, 0.2) is 0 Å². The molecule has 2 heterocycles. The second-order valence-electron chi connectivity index (χ2n) is 6.30. The van der Waals surface area contributed by atoms with Crippen LogP contribution in [-0.2, 0) is 20.7 Å². The standard InChI is InChI=1S/C20H21N3O4S/c1-27-19(25)12-15(16-8-5-11-28-16)22-18(24)10-4-9-17-21-14-7-3-2-6-13(14)20(26)23-17/h2-3,5-8,11,15H,4,9-10,12H2,1H3,(H,22,24)(H,21,23,26). The molecular weight excluding hydrogens is 378 g/mol. The van der Waals surface area contributed by atoms with E-state index in [-0.39, 0.29) is 30.3 Å². The van der Waals surface area contributed by atoms with Gasteiger partial charge in [-0.25, -0.2) is 4.98 Å². The fourth-order valence-electron chi connectivity index (χ4n) is 2.90. The number of aromatic nitrogens is 2. The van der Waals surface area contributed by atoms with Crippen molar-refractivity contribution in [3.8, 4) is 0 Å². The predicted molar refractivity (Wildman–Crippen MR) is 107 cm³/mol. The minimum absolute atomic E-state index is 0.0856. The third-order valence-corrected chi connectivity index (χ3v) is 5.29. The zero-order valence-electron chi connectivity index (χ0n) is 15.4. The molecule has 28 heavy (non-hydrogen) atoms. The maximum absolute atomic E-state index is 12.3. The number of benzene rings is 1. The van der Waals surface area contributed by atoms with Crippen LogP contribution in [-0.4, -0.2) is 29.0 Å². The first kappa shape index (κ1) is 19.8. The molecule has 3 rings (SSSR count). The van der Waals surface area contributed by atoms with Crippen LogP contribution in [0.25, 0.3) is 10.9 Å². The number of thiophene rings is 1. The second-order valence-corrected chi connectivity index (χ2v) is 7.28. The van der Waals surface area contributed by atoms with Gasteiger partial charge in [-0.15, -0.1) is 11.3 Å². The molecule has 2 aromatic heterocycles. The van der Waals surface area contributed by atoms with Gasteiger partial charge < -0.3 is 15.0 Å². The third kappa shape index (κ3) is 5.04. The number of nitrogens with zero attached hydrogens (tertiary/aromatic N) is 1. The van der Waals surface area contributed by atoms with Crippen molar-refractivity contribution in [1.29, 1.82) is 0 Å². The lowest BCUT2D eigenvalue weighted by Crippen LogP contribution is -2.30. The highest BCUT2D eigenvalue weighted by atomic mass is 32.1. The molecule has 0 spiro atoms. The van der Waals surface area contributed by atoms with Crippen LogP contribution < -0.4 is 10.9 Å². The number of aromatic amines is 1. The van der Waals surface area contributed by atoms with Gasteiger partial charge in [-0.1, -0.05) is 18.2 Å². The van der Waals surface area contributed by atoms with Gasteiger partial charge in [0.05, 0.1) is 30.5 Å². The lowest BCUT2D eigenvalue weighted by atomic mass is 10.1. The third-order valence-electron chi connectivity index (χ3n) is 4.30. The fourth-order valence-corrected chi connectivity index (χ4v) is 3.68. The van der Waals surface area contributed by atoms with E-state index in [0.717, 1.165) is 4.88 Å². The second kappa shape index (κ2) is 9.27. The fraction of sp³-hybridized carbons (Fsp3) is 0.300. The number of esters is 1. The van der Waals surface area contributed by atoms with E-state index in [1.165, 1.54) is 18.4 Å². The lowest BCUT2D eigenvalue weighted by molar-refractivity contribution is -0.141. The Morgan fingerprint density at radius 1 is 1.25 bits per heavy atom. The molecule has 1 aromatic carbocycles. The Balaban J connectivity index is 1.57.